The molecule has 0 fully saturated rings. The Morgan fingerprint density at radius 3 is 3.12 bits per heavy atom. The molecule has 1 aromatic carbocycles. The van der Waals surface area contributed by atoms with Gasteiger partial charge in [0.2, 0.25) is 0 Å². The van der Waals surface area contributed by atoms with E-state index in [-0.39, 0.29) is 6.03 Å². The first kappa shape index (κ1) is 11.8. The van der Waals surface area contributed by atoms with Gasteiger partial charge in [-0.25, -0.2) is 4.79 Å². The number of hydrogen-bond acceptors (Lipinski definition) is 2. The van der Waals surface area contributed by atoms with Crippen molar-refractivity contribution in [1.82, 2.24) is 10.6 Å². The quantitative estimate of drug-likeness (QED) is 0.835. The van der Waals surface area contributed by atoms with Crippen molar-refractivity contribution in [2.45, 2.75) is 26.3 Å². The van der Waals surface area contributed by atoms with E-state index in [1.807, 2.05) is 19.1 Å². The summed E-state index contributed by atoms with van der Waals surface area (Å²) in [5, 5.41) is 5.61. The van der Waals surface area contributed by atoms with Crippen LogP contribution in [0.15, 0.2) is 18.2 Å². The van der Waals surface area contributed by atoms with Crippen LogP contribution < -0.4 is 15.4 Å². The molecule has 0 radical (unpaired) electrons. The van der Waals surface area contributed by atoms with Crippen LogP contribution in [0, 0.1) is 0 Å². The number of ether oxygens (including phenoxy) is 1. The van der Waals surface area contributed by atoms with Crippen molar-refractivity contribution in [3.05, 3.63) is 29.3 Å². The first-order valence-corrected chi connectivity index (χ1v) is 6.06. The third kappa shape index (κ3) is 2.90. The van der Waals surface area contributed by atoms with E-state index in [0.29, 0.717) is 13.1 Å². The minimum absolute atomic E-state index is 0.123. The zero-order valence-corrected chi connectivity index (χ0v) is 10.1. The molecule has 1 aliphatic heterocycles. The number of para-hydroxylation sites is 1. The second-order valence-electron chi connectivity index (χ2n) is 4.11. The molecule has 1 aliphatic rings. The number of carbonyl (C=O) groups excluding carboxylic acids is 1. The number of hydrogen-bond donors (Lipinski definition) is 2. The minimum atomic E-state index is -0.123. The molecule has 0 saturated heterocycles. The lowest BCUT2D eigenvalue weighted by Crippen LogP contribution is -2.35. The summed E-state index contributed by atoms with van der Waals surface area (Å²) in [6, 6.07) is 5.95. The molecule has 1 heterocycles. The monoisotopic (exact) mass is 234 g/mol. The van der Waals surface area contributed by atoms with Crippen LogP contribution in [0.1, 0.15) is 24.5 Å². The fraction of sp³-hybridized carbons (Fsp3) is 0.462. The molecule has 0 spiro atoms. The maximum Gasteiger partial charge on any atom is 0.315 e. The summed E-state index contributed by atoms with van der Waals surface area (Å²) < 4.78 is 5.57. The molecular weight excluding hydrogens is 216 g/mol. The lowest BCUT2D eigenvalue weighted by molar-refractivity contribution is 0.240. The molecule has 2 rings (SSSR count). The minimum Gasteiger partial charge on any atom is -0.493 e. The second kappa shape index (κ2) is 5.57. The SMILES string of the molecule is CCCNC(=O)NCc1cccc2c1OCC2. The molecule has 4 heteroatoms. The number of carbonyl (C=O) groups is 1. The van der Waals surface area contributed by atoms with Crippen LogP contribution in [0.5, 0.6) is 5.75 Å². The van der Waals surface area contributed by atoms with E-state index < -0.39 is 0 Å². The molecule has 4 nitrogen and oxygen atoms in total. The highest BCUT2D eigenvalue weighted by atomic mass is 16.5. The number of nitrogens with one attached hydrogen (secondary N) is 2. The van der Waals surface area contributed by atoms with Crippen LogP contribution in [-0.2, 0) is 13.0 Å². The predicted molar refractivity (Wildman–Crippen MR) is 66.2 cm³/mol. The Balaban J connectivity index is 1.91. The third-order valence-electron chi connectivity index (χ3n) is 2.77. The Bertz CT molecular complexity index is 404. The standard InChI is InChI=1S/C13H18N2O2/c1-2-7-14-13(16)15-9-11-5-3-4-10-6-8-17-12(10)11/h3-5H,2,6-9H2,1H3,(H2,14,15,16). The van der Waals surface area contributed by atoms with Gasteiger partial charge in [-0.15, -0.1) is 0 Å². The lowest BCUT2D eigenvalue weighted by Gasteiger charge is -2.10. The van der Waals surface area contributed by atoms with Crippen LogP contribution in [0.25, 0.3) is 0 Å². The summed E-state index contributed by atoms with van der Waals surface area (Å²) in [7, 11) is 0. The third-order valence-corrected chi connectivity index (χ3v) is 2.77. The van der Waals surface area contributed by atoms with E-state index in [4.69, 9.17) is 4.74 Å². The highest BCUT2D eigenvalue weighted by Gasteiger charge is 2.15. The van der Waals surface area contributed by atoms with Gasteiger partial charge in [0.25, 0.3) is 0 Å². The number of fused-ring (bicyclic) bond motifs is 1. The molecule has 1 aromatic rings. The Morgan fingerprint density at radius 1 is 1.41 bits per heavy atom. The second-order valence-corrected chi connectivity index (χ2v) is 4.11. The van der Waals surface area contributed by atoms with Gasteiger partial charge in [0.1, 0.15) is 5.75 Å². The van der Waals surface area contributed by atoms with Gasteiger partial charge in [-0.05, 0) is 12.0 Å². The predicted octanol–water partition coefficient (Wildman–Crippen LogP) is 1.83. The fourth-order valence-electron chi connectivity index (χ4n) is 1.90. The molecule has 0 atom stereocenters. The fourth-order valence-corrected chi connectivity index (χ4v) is 1.90. The normalized spacial score (nSPS) is 12.8. The first-order chi connectivity index (χ1) is 8.31. The van der Waals surface area contributed by atoms with Gasteiger partial charge in [0.05, 0.1) is 6.61 Å². The van der Waals surface area contributed by atoms with Crippen molar-refractivity contribution in [2.75, 3.05) is 13.2 Å². The summed E-state index contributed by atoms with van der Waals surface area (Å²) in [6.07, 6.45) is 1.91. The van der Waals surface area contributed by atoms with E-state index >= 15 is 0 Å². The Kier molecular flexibility index (Phi) is 3.85. The Labute approximate surface area is 101 Å². The Hall–Kier alpha value is -1.71. The van der Waals surface area contributed by atoms with Crippen molar-refractivity contribution >= 4 is 6.03 Å². The average Bonchev–Trinajstić information content (AvgIpc) is 2.82. The smallest absolute Gasteiger partial charge is 0.315 e. The van der Waals surface area contributed by atoms with Gasteiger partial charge in [-0.3, -0.25) is 0 Å². The van der Waals surface area contributed by atoms with Crippen LogP contribution in [-0.4, -0.2) is 19.2 Å². The molecule has 2 amide bonds. The highest BCUT2D eigenvalue weighted by molar-refractivity contribution is 5.73. The van der Waals surface area contributed by atoms with E-state index in [2.05, 4.69) is 16.7 Å². The van der Waals surface area contributed by atoms with Gasteiger partial charge in [0, 0.05) is 25.1 Å². The summed E-state index contributed by atoms with van der Waals surface area (Å²) in [4.78, 5) is 11.4. The number of urea groups is 1. The molecule has 0 unspecified atom stereocenters. The van der Waals surface area contributed by atoms with Crippen LogP contribution in [0.3, 0.4) is 0 Å². The van der Waals surface area contributed by atoms with Crippen LogP contribution in [0.4, 0.5) is 4.79 Å². The maximum absolute atomic E-state index is 11.4. The average molecular weight is 234 g/mol. The van der Waals surface area contributed by atoms with Crippen molar-refractivity contribution < 1.29 is 9.53 Å². The highest BCUT2D eigenvalue weighted by Crippen LogP contribution is 2.29. The molecule has 0 aliphatic carbocycles. The molecular formula is C13H18N2O2. The topological polar surface area (TPSA) is 50.4 Å². The van der Waals surface area contributed by atoms with Gasteiger partial charge in [0.15, 0.2) is 0 Å². The maximum atomic E-state index is 11.4. The molecule has 0 saturated carbocycles. The van der Waals surface area contributed by atoms with Gasteiger partial charge >= 0.3 is 6.03 Å². The van der Waals surface area contributed by atoms with Crippen molar-refractivity contribution in [3.63, 3.8) is 0 Å². The van der Waals surface area contributed by atoms with Gasteiger partial charge in [-0.2, -0.15) is 0 Å². The van der Waals surface area contributed by atoms with Gasteiger partial charge < -0.3 is 15.4 Å². The van der Waals surface area contributed by atoms with Crippen LogP contribution in [0.2, 0.25) is 0 Å². The summed E-state index contributed by atoms with van der Waals surface area (Å²) in [5.41, 5.74) is 2.28. The van der Waals surface area contributed by atoms with E-state index in [1.165, 1.54) is 5.56 Å². The molecule has 0 aromatic heterocycles. The largest absolute Gasteiger partial charge is 0.493 e. The molecule has 2 N–H and O–H groups in total. The lowest BCUT2D eigenvalue weighted by atomic mass is 10.1. The van der Waals surface area contributed by atoms with Crippen molar-refractivity contribution in [3.8, 4) is 5.75 Å². The van der Waals surface area contributed by atoms with E-state index in [0.717, 1.165) is 30.8 Å². The van der Waals surface area contributed by atoms with E-state index in [1.54, 1.807) is 0 Å². The number of rotatable bonds is 4. The van der Waals surface area contributed by atoms with Crippen molar-refractivity contribution in [1.29, 1.82) is 0 Å². The molecule has 17 heavy (non-hydrogen) atoms. The zero-order chi connectivity index (χ0) is 12.1. The summed E-state index contributed by atoms with van der Waals surface area (Å²) in [5.74, 6) is 0.947. The summed E-state index contributed by atoms with van der Waals surface area (Å²) >= 11 is 0. The summed E-state index contributed by atoms with van der Waals surface area (Å²) in [6.45, 7) is 3.99. The molecule has 0 bridgehead atoms. The first-order valence-electron chi connectivity index (χ1n) is 6.06. The molecule has 92 valence electrons. The van der Waals surface area contributed by atoms with Crippen molar-refractivity contribution in [2.24, 2.45) is 0 Å². The van der Waals surface area contributed by atoms with Gasteiger partial charge in [-0.1, -0.05) is 25.1 Å². The number of amides is 2. The zero-order valence-electron chi connectivity index (χ0n) is 10.1. The number of benzene rings is 1. The van der Waals surface area contributed by atoms with Crippen LogP contribution >= 0.6 is 0 Å². The van der Waals surface area contributed by atoms with E-state index in [9.17, 15) is 4.79 Å². The Morgan fingerprint density at radius 2 is 2.29 bits per heavy atom.